The van der Waals surface area contributed by atoms with Crippen molar-refractivity contribution in [1.82, 2.24) is 0 Å². The Morgan fingerprint density at radius 2 is 1.19 bits per heavy atom. The van der Waals surface area contributed by atoms with Crippen LogP contribution in [0.5, 0.6) is 0 Å². The molecule has 0 saturated heterocycles. The van der Waals surface area contributed by atoms with E-state index in [-0.39, 0.29) is 5.60 Å². The highest BCUT2D eigenvalue weighted by Gasteiger charge is 2.27. The zero-order valence-electron chi connectivity index (χ0n) is 22.5. The molecule has 1 heterocycles. The summed E-state index contributed by atoms with van der Waals surface area (Å²) in [5.74, 6) is 0. The van der Waals surface area contributed by atoms with Crippen molar-refractivity contribution in [2.75, 3.05) is 6.61 Å². The van der Waals surface area contributed by atoms with E-state index in [1.54, 1.807) is 0 Å². The van der Waals surface area contributed by atoms with Gasteiger partial charge in [-0.1, -0.05) is 104 Å². The summed E-state index contributed by atoms with van der Waals surface area (Å²) in [6, 6.07) is 4.34. The molecule has 0 N–H and O–H groups in total. The van der Waals surface area contributed by atoms with Crippen LogP contribution in [0.15, 0.2) is 17.5 Å². The lowest BCUT2D eigenvalue weighted by molar-refractivity contribution is -0.0231. The SMILES string of the molecule is CCCCC(CCCC)(CCCC)CCCCCCCCC(C)(C)OCCc1cccs1. The van der Waals surface area contributed by atoms with Crippen LogP contribution >= 0.6 is 11.3 Å². The second-order valence-electron chi connectivity index (χ2n) is 10.9. The molecule has 1 aromatic heterocycles. The van der Waals surface area contributed by atoms with Gasteiger partial charge in [0.2, 0.25) is 0 Å². The first kappa shape index (κ1) is 29.7. The number of hydrogen-bond donors (Lipinski definition) is 0. The minimum atomic E-state index is 0.0225. The monoisotopic (exact) mass is 464 g/mol. The van der Waals surface area contributed by atoms with Gasteiger partial charge in [-0.3, -0.25) is 0 Å². The quantitative estimate of drug-likeness (QED) is 0.155. The summed E-state index contributed by atoms with van der Waals surface area (Å²) < 4.78 is 6.19. The molecule has 32 heavy (non-hydrogen) atoms. The van der Waals surface area contributed by atoms with E-state index >= 15 is 0 Å². The molecule has 1 rings (SSSR count). The third-order valence-corrected chi connectivity index (χ3v) is 8.28. The van der Waals surface area contributed by atoms with Crippen LogP contribution < -0.4 is 0 Å². The number of ether oxygens (including phenoxy) is 1. The lowest BCUT2D eigenvalue weighted by atomic mass is 9.71. The predicted molar refractivity (Wildman–Crippen MR) is 146 cm³/mol. The molecule has 0 saturated carbocycles. The average molecular weight is 465 g/mol. The average Bonchev–Trinajstić information content (AvgIpc) is 3.29. The van der Waals surface area contributed by atoms with Gasteiger partial charge in [-0.05, 0) is 62.8 Å². The summed E-state index contributed by atoms with van der Waals surface area (Å²) in [7, 11) is 0. The molecule has 0 atom stereocenters. The molecule has 2 heteroatoms. The molecule has 188 valence electrons. The fourth-order valence-electron chi connectivity index (χ4n) is 5.12. The van der Waals surface area contributed by atoms with E-state index in [0.717, 1.165) is 13.0 Å². The summed E-state index contributed by atoms with van der Waals surface area (Å²) in [4.78, 5) is 1.43. The molecule has 0 fully saturated rings. The van der Waals surface area contributed by atoms with E-state index in [4.69, 9.17) is 4.74 Å². The zero-order chi connectivity index (χ0) is 23.5. The molecule has 0 amide bonds. The standard InChI is InChI=1S/C30H56OS/c1-6-9-22-30(23-10-7-2,24-11-8-3)25-17-15-13-12-14-16-21-29(4,5)31-26-20-28-19-18-27-32-28/h18-19,27H,6-17,20-26H2,1-5H3. The number of rotatable bonds is 22. The van der Waals surface area contributed by atoms with Gasteiger partial charge in [-0.2, -0.15) is 0 Å². The van der Waals surface area contributed by atoms with Crippen molar-refractivity contribution in [3.63, 3.8) is 0 Å². The van der Waals surface area contributed by atoms with Crippen LogP contribution in [0.1, 0.15) is 149 Å². The third-order valence-electron chi connectivity index (χ3n) is 7.34. The molecule has 1 nitrogen and oxygen atoms in total. The molecule has 0 unspecified atom stereocenters. The molecule has 0 aliphatic carbocycles. The van der Waals surface area contributed by atoms with Gasteiger partial charge in [0.05, 0.1) is 12.2 Å². The number of thiophene rings is 1. The van der Waals surface area contributed by atoms with Gasteiger partial charge in [-0.25, -0.2) is 0 Å². The minimum Gasteiger partial charge on any atom is -0.375 e. The van der Waals surface area contributed by atoms with Gasteiger partial charge in [0.1, 0.15) is 0 Å². The van der Waals surface area contributed by atoms with Gasteiger partial charge in [0.15, 0.2) is 0 Å². The van der Waals surface area contributed by atoms with Gasteiger partial charge in [0, 0.05) is 11.3 Å². The highest BCUT2D eigenvalue weighted by Crippen LogP contribution is 2.41. The van der Waals surface area contributed by atoms with Crippen molar-refractivity contribution in [3.8, 4) is 0 Å². The molecular formula is C30H56OS. The fourth-order valence-corrected chi connectivity index (χ4v) is 5.81. The van der Waals surface area contributed by atoms with Crippen LogP contribution in [0.3, 0.4) is 0 Å². The maximum atomic E-state index is 6.19. The minimum absolute atomic E-state index is 0.0225. The Kier molecular flexibility index (Phi) is 16.7. The Labute approximate surface area is 206 Å². The van der Waals surface area contributed by atoms with Gasteiger partial charge in [0.25, 0.3) is 0 Å². The smallest absolute Gasteiger partial charge is 0.0626 e. The highest BCUT2D eigenvalue weighted by atomic mass is 32.1. The van der Waals surface area contributed by atoms with Crippen LogP contribution in [-0.4, -0.2) is 12.2 Å². The van der Waals surface area contributed by atoms with Crippen molar-refractivity contribution in [1.29, 1.82) is 0 Å². The lowest BCUT2D eigenvalue weighted by Gasteiger charge is -2.35. The summed E-state index contributed by atoms with van der Waals surface area (Å²) in [6.07, 6.45) is 24.9. The molecule has 0 bridgehead atoms. The summed E-state index contributed by atoms with van der Waals surface area (Å²) in [6.45, 7) is 12.5. The van der Waals surface area contributed by atoms with Crippen LogP contribution in [-0.2, 0) is 11.2 Å². The Morgan fingerprint density at radius 3 is 1.69 bits per heavy atom. The van der Waals surface area contributed by atoms with Crippen molar-refractivity contribution in [2.24, 2.45) is 5.41 Å². The number of unbranched alkanes of at least 4 members (excludes halogenated alkanes) is 8. The van der Waals surface area contributed by atoms with E-state index in [0.29, 0.717) is 5.41 Å². The van der Waals surface area contributed by atoms with Crippen LogP contribution in [0.2, 0.25) is 0 Å². The Bertz CT molecular complexity index is 497. The Balaban J connectivity index is 2.19. The first-order valence-electron chi connectivity index (χ1n) is 14.1. The first-order valence-corrected chi connectivity index (χ1v) is 15.0. The van der Waals surface area contributed by atoms with Crippen molar-refractivity contribution in [2.45, 2.75) is 156 Å². The first-order chi connectivity index (χ1) is 15.5. The second kappa shape index (κ2) is 18.0. The number of hydrogen-bond acceptors (Lipinski definition) is 2. The largest absolute Gasteiger partial charge is 0.375 e. The summed E-state index contributed by atoms with van der Waals surface area (Å²) >= 11 is 1.84. The molecular weight excluding hydrogens is 408 g/mol. The molecule has 0 aromatic carbocycles. The van der Waals surface area contributed by atoms with Gasteiger partial charge < -0.3 is 4.74 Å². The van der Waals surface area contributed by atoms with E-state index in [1.807, 2.05) is 11.3 Å². The fraction of sp³-hybridized carbons (Fsp3) is 0.867. The molecule has 0 aliphatic rings. The highest BCUT2D eigenvalue weighted by molar-refractivity contribution is 7.09. The Hall–Kier alpha value is -0.340. The lowest BCUT2D eigenvalue weighted by Crippen LogP contribution is -2.25. The topological polar surface area (TPSA) is 9.23 Å². The van der Waals surface area contributed by atoms with Gasteiger partial charge in [-0.15, -0.1) is 11.3 Å². The van der Waals surface area contributed by atoms with Gasteiger partial charge >= 0.3 is 0 Å². The van der Waals surface area contributed by atoms with E-state index in [9.17, 15) is 0 Å². The van der Waals surface area contributed by atoms with Crippen LogP contribution in [0, 0.1) is 5.41 Å². The van der Waals surface area contributed by atoms with Crippen LogP contribution in [0.25, 0.3) is 0 Å². The van der Waals surface area contributed by atoms with E-state index in [1.165, 1.54) is 114 Å². The van der Waals surface area contributed by atoms with Crippen LogP contribution in [0.4, 0.5) is 0 Å². The van der Waals surface area contributed by atoms with E-state index < -0.39 is 0 Å². The summed E-state index contributed by atoms with van der Waals surface area (Å²) in [5.41, 5.74) is 0.682. The molecule has 0 aliphatic heterocycles. The van der Waals surface area contributed by atoms with Crippen molar-refractivity contribution < 1.29 is 4.74 Å². The van der Waals surface area contributed by atoms with Crippen molar-refractivity contribution in [3.05, 3.63) is 22.4 Å². The summed E-state index contributed by atoms with van der Waals surface area (Å²) in [5, 5.41) is 2.15. The third kappa shape index (κ3) is 14.0. The van der Waals surface area contributed by atoms with Crippen molar-refractivity contribution >= 4 is 11.3 Å². The normalized spacial score (nSPS) is 12.5. The van der Waals surface area contributed by atoms with E-state index in [2.05, 4.69) is 52.1 Å². The maximum Gasteiger partial charge on any atom is 0.0626 e. The maximum absolute atomic E-state index is 6.19. The molecule has 1 aromatic rings. The Morgan fingerprint density at radius 1 is 0.688 bits per heavy atom. The predicted octanol–water partition coefficient (Wildman–Crippen LogP) is 10.8. The second-order valence-corrected chi connectivity index (χ2v) is 11.9. The molecule has 0 spiro atoms. The molecule has 0 radical (unpaired) electrons. The zero-order valence-corrected chi connectivity index (χ0v) is 23.3.